The van der Waals surface area contributed by atoms with E-state index in [9.17, 15) is 4.79 Å². The van der Waals surface area contributed by atoms with E-state index >= 15 is 0 Å². The van der Waals surface area contributed by atoms with Crippen molar-refractivity contribution < 1.29 is 14.3 Å². The van der Waals surface area contributed by atoms with Crippen LogP contribution in [0.2, 0.25) is 0 Å². The average Bonchev–Trinajstić information content (AvgIpc) is 3.18. The van der Waals surface area contributed by atoms with Crippen LogP contribution in [-0.2, 0) is 6.54 Å². The van der Waals surface area contributed by atoms with Gasteiger partial charge < -0.3 is 18.9 Å². The normalized spacial score (nSPS) is 12.3. The van der Waals surface area contributed by atoms with Crippen LogP contribution in [0.5, 0.6) is 11.5 Å². The third kappa shape index (κ3) is 3.88. The van der Waals surface area contributed by atoms with Crippen molar-refractivity contribution in [3.8, 4) is 11.5 Å². The standard InChI is InChI=1S/C19H22N2O3S2/c1-12-7-15(16(22)10-26-19(25)20(3)4)13(2)21(12)9-14-5-6-17-18(8-14)24-11-23-17/h5-8H,9-11H2,1-4H3. The van der Waals surface area contributed by atoms with Crippen LogP contribution in [0.25, 0.3) is 0 Å². The lowest BCUT2D eigenvalue weighted by atomic mass is 10.1. The number of thiocarbonyl (C=S) groups is 1. The van der Waals surface area contributed by atoms with Gasteiger partial charge in [-0.05, 0) is 37.6 Å². The maximum absolute atomic E-state index is 12.6. The lowest BCUT2D eigenvalue weighted by molar-refractivity contribution is 0.102. The molecule has 0 aliphatic carbocycles. The molecule has 0 spiro atoms. The van der Waals surface area contributed by atoms with Gasteiger partial charge >= 0.3 is 0 Å². The molecule has 0 N–H and O–H groups in total. The Morgan fingerprint density at radius 2 is 1.96 bits per heavy atom. The Morgan fingerprint density at radius 3 is 2.69 bits per heavy atom. The van der Waals surface area contributed by atoms with Crippen LogP contribution in [0, 0.1) is 13.8 Å². The molecule has 7 heteroatoms. The van der Waals surface area contributed by atoms with E-state index in [0.717, 1.165) is 34.0 Å². The summed E-state index contributed by atoms with van der Waals surface area (Å²) >= 11 is 6.64. The summed E-state index contributed by atoms with van der Waals surface area (Å²) in [5, 5.41) is 0. The van der Waals surface area contributed by atoms with Gasteiger partial charge in [0.25, 0.3) is 0 Å². The highest BCUT2D eigenvalue weighted by atomic mass is 32.2. The van der Waals surface area contributed by atoms with Gasteiger partial charge in [0.2, 0.25) is 6.79 Å². The Bertz CT molecular complexity index is 859. The molecule has 138 valence electrons. The molecule has 0 amide bonds. The predicted octanol–water partition coefficient (Wildman–Crippen LogP) is 3.64. The topological polar surface area (TPSA) is 43.7 Å². The number of hydrogen-bond donors (Lipinski definition) is 0. The second kappa shape index (κ2) is 7.72. The van der Waals surface area contributed by atoms with Crippen molar-refractivity contribution in [1.82, 2.24) is 9.47 Å². The lowest BCUT2D eigenvalue weighted by Gasteiger charge is -2.12. The summed E-state index contributed by atoms with van der Waals surface area (Å²) in [5.74, 6) is 2.00. The van der Waals surface area contributed by atoms with E-state index < -0.39 is 0 Å². The molecule has 26 heavy (non-hydrogen) atoms. The Hall–Kier alpha value is -1.99. The molecule has 5 nitrogen and oxygen atoms in total. The van der Waals surface area contributed by atoms with Gasteiger partial charge in [-0.2, -0.15) is 0 Å². The minimum absolute atomic E-state index is 0.101. The van der Waals surface area contributed by atoms with Crippen molar-refractivity contribution in [2.75, 3.05) is 26.6 Å². The largest absolute Gasteiger partial charge is 0.454 e. The number of rotatable bonds is 5. The van der Waals surface area contributed by atoms with E-state index in [1.165, 1.54) is 11.8 Å². The van der Waals surface area contributed by atoms with Crippen LogP contribution in [-0.4, -0.2) is 46.2 Å². The molecule has 2 heterocycles. The summed E-state index contributed by atoms with van der Waals surface area (Å²) in [6, 6.07) is 7.91. The van der Waals surface area contributed by atoms with Gasteiger partial charge in [0.1, 0.15) is 4.32 Å². The molecule has 0 fully saturated rings. The number of hydrogen-bond acceptors (Lipinski definition) is 5. The number of ketones is 1. The number of carbonyl (C=O) groups is 1. The second-order valence-corrected chi connectivity index (χ2v) is 8.04. The number of carbonyl (C=O) groups excluding carboxylic acids is 1. The number of aryl methyl sites for hydroxylation is 1. The fraction of sp³-hybridized carbons (Fsp3) is 0.368. The van der Waals surface area contributed by atoms with Crippen LogP contribution >= 0.6 is 24.0 Å². The predicted molar refractivity (Wildman–Crippen MR) is 109 cm³/mol. The number of benzene rings is 1. The summed E-state index contributed by atoms with van der Waals surface area (Å²) in [6.07, 6.45) is 0. The third-order valence-electron chi connectivity index (χ3n) is 4.34. The monoisotopic (exact) mass is 390 g/mol. The van der Waals surface area contributed by atoms with Gasteiger partial charge in [0.05, 0.1) is 5.75 Å². The third-order valence-corrected chi connectivity index (χ3v) is 6.08. The van der Waals surface area contributed by atoms with Gasteiger partial charge in [-0.25, -0.2) is 0 Å². The van der Waals surface area contributed by atoms with Crippen LogP contribution in [0.1, 0.15) is 27.3 Å². The van der Waals surface area contributed by atoms with E-state index in [-0.39, 0.29) is 12.6 Å². The van der Waals surface area contributed by atoms with Crippen molar-refractivity contribution in [3.05, 3.63) is 46.8 Å². The first kappa shape index (κ1) is 18.8. The number of ether oxygens (including phenoxy) is 2. The summed E-state index contributed by atoms with van der Waals surface area (Å²) < 4.78 is 13.7. The molecule has 0 saturated carbocycles. The smallest absolute Gasteiger partial charge is 0.231 e. The number of aromatic nitrogens is 1. The second-order valence-electron chi connectivity index (χ2n) is 6.43. The number of Topliss-reactive ketones (excluding diaryl/α,β-unsaturated/α-hetero) is 1. The molecule has 3 rings (SSSR count). The molecule has 2 aromatic rings. The fourth-order valence-corrected chi connectivity index (χ4v) is 3.73. The first-order chi connectivity index (χ1) is 12.4. The maximum atomic E-state index is 12.6. The molecule has 1 aromatic carbocycles. The van der Waals surface area contributed by atoms with Gasteiger partial charge in [-0.15, -0.1) is 0 Å². The van der Waals surface area contributed by atoms with Gasteiger partial charge in [0.15, 0.2) is 17.3 Å². The SMILES string of the molecule is Cc1cc(C(=O)CSC(=S)N(C)C)c(C)n1Cc1ccc2c(c1)OCO2. The Kier molecular flexibility index (Phi) is 5.58. The number of nitrogens with zero attached hydrogens (tertiary/aromatic N) is 2. The Morgan fingerprint density at radius 1 is 1.23 bits per heavy atom. The molecule has 1 aromatic heterocycles. The molecule has 0 unspecified atom stereocenters. The number of fused-ring (bicyclic) bond motifs is 1. The summed E-state index contributed by atoms with van der Waals surface area (Å²) in [5.41, 5.74) is 3.90. The van der Waals surface area contributed by atoms with Crippen molar-refractivity contribution in [2.45, 2.75) is 20.4 Å². The van der Waals surface area contributed by atoms with E-state index in [2.05, 4.69) is 4.57 Å². The number of thioether (sulfide) groups is 1. The average molecular weight is 391 g/mol. The van der Waals surface area contributed by atoms with Crippen LogP contribution in [0.4, 0.5) is 0 Å². The zero-order chi connectivity index (χ0) is 18.8. The zero-order valence-electron chi connectivity index (χ0n) is 15.4. The molecule has 0 radical (unpaired) electrons. The first-order valence-corrected chi connectivity index (χ1v) is 9.68. The Balaban J connectivity index is 1.75. The highest BCUT2D eigenvalue weighted by molar-refractivity contribution is 8.23. The highest BCUT2D eigenvalue weighted by Gasteiger charge is 2.18. The quantitative estimate of drug-likeness (QED) is 0.574. The Labute approximate surface area is 163 Å². The van der Waals surface area contributed by atoms with Crippen LogP contribution in [0.3, 0.4) is 0 Å². The van der Waals surface area contributed by atoms with Crippen LogP contribution < -0.4 is 9.47 Å². The first-order valence-electron chi connectivity index (χ1n) is 8.29. The molecular weight excluding hydrogens is 368 g/mol. The summed E-state index contributed by atoms with van der Waals surface area (Å²) in [4.78, 5) is 14.5. The lowest BCUT2D eigenvalue weighted by Crippen LogP contribution is -2.18. The molecular formula is C19H22N2O3S2. The van der Waals surface area contributed by atoms with Crippen molar-refractivity contribution >= 4 is 34.1 Å². The molecule has 1 aliphatic rings. The summed E-state index contributed by atoms with van der Waals surface area (Å²) in [6.45, 7) is 4.97. The molecule has 1 aliphatic heterocycles. The van der Waals surface area contributed by atoms with Crippen molar-refractivity contribution in [2.24, 2.45) is 0 Å². The van der Waals surface area contributed by atoms with Crippen LogP contribution in [0.15, 0.2) is 24.3 Å². The molecule has 0 atom stereocenters. The van der Waals surface area contributed by atoms with Gasteiger partial charge in [-0.3, -0.25) is 4.79 Å². The fourth-order valence-electron chi connectivity index (χ4n) is 2.88. The maximum Gasteiger partial charge on any atom is 0.231 e. The summed E-state index contributed by atoms with van der Waals surface area (Å²) in [7, 11) is 3.77. The van der Waals surface area contributed by atoms with E-state index in [1.807, 2.05) is 57.1 Å². The minimum atomic E-state index is 0.101. The van der Waals surface area contributed by atoms with Crippen molar-refractivity contribution in [1.29, 1.82) is 0 Å². The molecule has 0 saturated heterocycles. The molecule has 0 bridgehead atoms. The van der Waals surface area contributed by atoms with Crippen molar-refractivity contribution in [3.63, 3.8) is 0 Å². The van der Waals surface area contributed by atoms with E-state index in [1.54, 1.807) is 0 Å². The van der Waals surface area contributed by atoms with Gasteiger partial charge in [-0.1, -0.05) is 30.0 Å². The minimum Gasteiger partial charge on any atom is -0.454 e. The van der Waals surface area contributed by atoms with Gasteiger partial charge in [0, 0.05) is 37.6 Å². The zero-order valence-corrected chi connectivity index (χ0v) is 17.0. The van der Waals surface area contributed by atoms with E-state index in [4.69, 9.17) is 21.7 Å². The van der Waals surface area contributed by atoms with E-state index in [0.29, 0.717) is 16.6 Å². The highest BCUT2D eigenvalue weighted by Crippen LogP contribution is 2.33.